The van der Waals surface area contributed by atoms with Crippen LogP contribution in [0.1, 0.15) is 45.9 Å². The first-order chi connectivity index (χ1) is 10.5. The molecule has 1 aromatic heterocycles. The SMILES string of the molecule is C=CC(C)=Nc1ncnc(C(C)=CC)c1CC=C(C)OCC. The highest BCUT2D eigenvalue weighted by Gasteiger charge is 2.11. The summed E-state index contributed by atoms with van der Waals surface area (Å²) in [6.07, 6.45) is 8.03. The molecule has 0 saturated heterocycles. The van der Waals surface area contributed by atoms with Gasteiger partial charge >= 0.3 is 0 Å². The lowest BCUT2D eigenvalue weighted by Gasteiger charge is -2.10. The molecule has 0 radical (unpaired) electrons. The standard InChI is InChI=1S/C18H25N3O/c1-7-13(4)17-16(11-10-15(6)22-9-3)18(20-12-19-17)21-14(5)8-2/h7-8,10,12H,2,9,11H2,1,3-6H3. The second-order valence-electron chi connectivity index (χ2n) is 4.91. The number of allylic oxidation sites excluding steroid dienone is 5. The zero-order chi connectivity index (χ0) is 16.5. The summed E-state index contributed by atoms with van der Waals surface area (Å²) in [5, 5.41) is 0. The Kier molecular flexibility index (Phi) is 7.23. The molecule has 22 heavy (non-hydrogen) atoms. The number of aromatic nitrogens is 2. The van der Waals surface area contributed by atoms with Gasteiger partial charge in [-0.3, -0.25) is 0 Å². The van der Waals surface area contributed by atoms with Crippen molar-refractivity contribution < 1.29 is 4.74 Å². The zero-order valence-corrected chi connectivity index (χ0v) is 14.2. The molecule has 0 spiro atoms. The summed E-state index contributed by atoms with van der Waals surface area (Å²) in [6, 6.07) is 0. The van der Waals surface area contributed by atoms with Gasteiger partial charge in [-0.1, -0.05) is 12.7 Å². The van der Waals surface area contributed by atoms with Crippen molar-refractivity contribution in [2.75, 3.05) is 6.61 Å². The van der Waals surface area contributed by atoms with Gasteiger partial charge in [-0.25, -0.2) is 15.0 Å². The third-order valence-electron chi connectivity index (χ3n) is 3.27. The minimum absolute atomic E-state index is 0.662. The number of hydrogen-bond acceptors (Lipinski definition) is 4. The van der Waals surface area contributed by atoms with Gasteiger partial charge in [-0.05, 0) is 58.8 Å². The molecule has 0 bridgehead atoms. The van der Waals surface area contributed by atoms with Crippen molar-refractivity contribution in [2.45, 2.75) is 41.0 Å². The molecular formula is C18H25N3O. The van der Waals surface area contributed by atoms with Gasteiger partial charge in [0.25, 0.3) is 0 Å². The molecule has 1 aromatic rings. The van der Waals surface area contributed by atoms with Gasteiger partial charge in [-0.15, -0.1) is 0 Å². The third-order valence-corrected chi connectivity index (χ3v) is 3.27. The van der Waals surface area contributed by atoms with E-state index < -0.39 is 0 Å². The Bertz CT molecular complexity index is 613. The van der Waals surface area contributed by atoms with Crippen molar-refractivity contribution in [1.29, 1.82) is 0 Å². The van der Waals surface area contributed by atoms with E-state index in [0.717, 1.165) is 28.3 Å². The molecule has 0 fully saturated rings. The quantitative estimate of drug-likeness (QED) is 0.543. The molecule has 1 rings (SSSR count). The minimum atomic E-state index is 0.662. The number of hydrogen-bond donors (Lipinski definition) is 0. The first-order valence-electron chi connectivity index (χ1n) is 7.47. The smallest absolute Gasteiger partial charge is 0.159 e. The van der Waals surface area contributed by atoms with Gasteiger partial charge in [0.2, 0.25) is 0 Å². The Morgan fingerprint density at radius 2 is 2.05 bits per heavy atom. The van der Waals surface area contributed by atoms with Gasteiger partial charge < -0.3 is 4.74 Å². The molecule has 0 atom stereocenters. The van der Waals surface area contributed by atoms with Gasteiger partial charge in [0.15, 0.2) is 5.82 Å². The summed E-state index contributed by atoms with van der Waals surface area (Å²) < 4.78 is 5.49. The van der Waals surface area contributed by atoms with Crippen molar-refractivity contribution in [3.8, 4) is 0 Å². The van der Waals surface area contributed by atoms with Gasteiger partial charge in [0, 0.05) is 11.3 Å². The third kappa shape index (κ3) is 4.95. The lowest BCUT2D eigenvalue weighted by atomic mass is 10.0. The van der Waals surface area contributed by atoms with Crippen molar-refractivity contribution >= 4 is 17.1 Å². The highest BCUT2D eigenvalue weighted by Crippen LogP contribution is 2.25. The fourth-order valence-corrected chi connectivity index (χ4v) is 1.91. The monoisotopic (exact) mass is 299 g/mol. The van der Waals surface area contributed by atoms with Crippen LogP contribution in [0.4, 0.5) is 5.82 Å². The maximum atomic E-state index is 5.49. The van der Waals surface area contributed by atoms with E-state index in [-0.39, 0.29) is 0 Å². The largest absolute Gasteiger partial charge is 0.499 e. The van der Waals surface area contributed by atoms with Crippen molar-refractivity contribution in [3.05, 3.63) is 48.2 Å². The van der Waals surface area contributed by atoms with Crippen LogP contribution in [0.3, 0.4) is 0 Å². The Morgan fingerprint density at radius 3 is 2.64 bits per heavy atom. The van der Waals surface area contributed by atoms with Crippen molar-refractivity contribution in [2.24, 2.45) is 4.99 Å². The van der Waals surface area contributed by atoms with E-state index in [1.165, 1.54) is 0 Å². The molecular weight excluding hydrogens is 274 g/mol. The minimum Gasteiger partial charge on any atom is -0.499 e. The molecule has 0 amide bonds. The van der Waals surface area contributed by atoms with E-state index in [4.69, 9.17) is 4.74 Å². The number of aliphatic imine (C=N–C) groups is 1. The van der Waals surface area contributed by atoms with Crippen LogP contribution in [0.2, 0.25) is 0 Å². The van der Waals surface area contributed by atoms with E-state index in [1.807, 2.05) is 46.8 Å². The zero-order valence-electron chi connectivity index (χ0n) is 14.2. The van der Waals surface area contributed by atoms with Gasteiger partial charge in [0.05, 0.1) is 18.1 Å². The normalized spacial score (nSPS) is 13.2. The van der Waals surface area contributed by atoms with Crippen LogP contribution in [-0.4, -0.2) is 22.3 Å². The second kappa shape index (κ2) is 8.93. The number of rotatable bonds is 7. The first kappa shape index (κ1) is 17.8. The maximum absolute atomic E-state index is 5.49. The lowest BCUT2D eigenvalue weighted by molar-refractivity contribution is 0.230. The second-order valence-corrected chi connectivity index (χ2v) is 4.91. The molecule has 0 N–H and O–H groups in total. The number of ether oxygens (including phenoxy) is 1. The predicted molar refractivity (Wildman–Crippen MR) is 93.4 cm³/mol. The molecule has 0 aliphatic rings. The van der Waals surface area contributed by atoms with E-state index in [1.54, 1.807) is 12.4 Å². The summed E-state index contributed by atoms with van der Waals surface area (Å²) in [4.78, 5) is 13.3. The van der Waals surface area contributed by atoms with Crippen LogP contribution in [0.25, 0.3) is 5.57 Å². The van der Waals surface area contributed by atoms with Crippen LogP contribution < -0.4 is 0 Å². The van der Waals surface area contributed by atoms with Crippen LogP contribution in [0, 0.1) is 0 Å². The topological polar surface area (TPSA) is 47.4 Å². The van der Waals surface area contributed by atoms with E-state index in [9.17, 15) is 0 Å². The van der Waals surface area contributed by atoms with Crippen molar-refractivity contribution in [1.82, 2.24) is 9.97 Å². The van der Waals surface area contributed by atoms with Crippen LogP contribution in [0.5, 0.6) is 0 Å². The van der Waals surface area contributed by atoms with Crippen molar-refractivity contribution in [3.63, 3.8) is 0 Å². The molecule has 0 aliphatic carbocycles. The predicted octanol–water partition coefficient (Wildman–Crippen LogP) is 4.66. The molecule has 0 aromatic carbocycles. The molecule has 0 aliphatic heterocycles. The highest BCUT2D eigenvalue weighted by molar-refractivity contribution is 5.94. The molecule has 0 saturated carbocycles. The Morgan fingerprint density at radius 1 is 1.32 bits per heavy atom. The summed E-state index contributed by atoms with van der Waals surface area (Å²) in [5.41, 5.74) is 3.86. The van der Waals surface area contributed by atoms with E-state index >= 15 is 0 Å². The first-order valence-corrected chi connectivity index (χ1v) is 7.47. The summed E-state index contributed by atoms with van der Waals surface area (Å²) >= 11 is 0. The van der Waals surface area contributed by atoms with Crippen LogP contribution >= 0.6 is 0 Å². The van der Waals surface area contributed by atoms with E-state index in [0.29, 0.717) is 18.8 Å². The molecule has 4 nitrogen and oxygen atoms in total. The summed E-state index contributed by atoms with van der Waals surface area (Å²) in [7, 11) is 0. The van der Waals surface area contributed by atoms with Crippen LogP contribution in [-0.2, 0) is 11.2 Å². The molecule has 4 heteroatoms. The Balaban J connectivity index is 3.34. The van der Waals surface area contributed by atoms with Crippen LogP contribution in [0.15, 0.2) is 41.9 Å². The van der Waals surface area contributed by atoms with Gasteiger partial charge in [0.1, 0.15) is 6.33 Å². The van der Waals surface area contributed by atoms with Gasteiger partial charge in [-0.2, -0.15) is 0 Å². The highest BCUT2D eigenvalue weighted by atomic mass is 16.5. The average Bonchev–Trinajstić information content (AvgIpc) is 2.52. The fraction of sp³-hybridized carbons (Fsp3) is 0.389. The molecule has 118 valence electrons. The fourth-order valence-electron chi connectivity index (χ4n) is 1.91. The Hall–Kier alpha value is -2.23. The number of nitrogens with zero attached hydrogens (tertiary/aromatic N) is 3. The average molecular weight is 299 g/mol. The Labute approximate surface area is 133 Å². The maximum Gasteiger partial charge on any atom is 0.159 e. The molecule has 0 unspecified atom stereocenters. The summed E-state index contributed by atoms with van der Waals surface area (Å²) in [6.45, 7) is 14.3. The lowest BCUT2D eigenvalue weighted by Crippen LogP contribution is -2.00. The molecule has 1 heterocycles. The van der Waals surface area contributed by atoms with E-state index in [2.05, 4.69) is 21.5 Å². The summed E-state index contributed by atoms with van der Waals surface area (Å²) in [5.74, 6) is 1.58.